The third kappa shape index (κ3) is 3.98. The maximum Gasteiger partial charge on any atom is 0.308 e. The first-order chi connectivity index (χ1) is 10.6. The lowest BCUT2D eigenvalue weighted by molar-refractivity contribution is -0.148. The van der Waals surface area contributed by atoms with E-state index in [1.165, 1.54) is 7.11 Å². The highest BCUT2D eigenvalue weighted by molar-refractivity contribution is 5.81. The first-order valence-electron chi connectivity index (χ1n) is 7.23. The number of carbonyl (C=O) groups excluding carboxylic acids is 2. The number of anilines is 1. The van der Waals surface area contributed by atoms with E-state index in [-0.39, 0.29) is 24.3 Å². The minimum atomic E-state index is -0.192. The van der Waals surface area contributed by atoms with E-state index in [9.17, 15) is 9.59 Å². The van der Waals surface area contributed by atoms with Crippen molar-refractivity contribution in [1.82, 2.24) is 4.90 Å². The number of piperidine rings is 1. The number of esters is 1. The summed E-state index contributed by atoms with van der Waals surface area (Å²) in [5.74, 6) is -0.281. The van der Waals surface area contributed by atoms with Crippen LogP contribution in [0, 0.1) is 17.2 Å². The molecule has 0 spiro atoms. The van der Waals surface area contributed by atoms with E-state index in [1.54, 1.807) is 29.2 Å². The lowest BCUT2D eigenvalue weighted by Gasteiger charge is -2.30. The fourth-order valence-corrected chi connectivity index (χ4v) is 2.48. The van der Waals surface area contributed by atoms with Gasteiger partial charge in [0.2, 0.25) is 5.91 Å². The first kappa shape index (κ1) is 15.8. The topological polar surface area (TPSA) is 82.4 Å². The molecule has 0 saturated carbocycles. The number of methoxy groups -OCH3 is 1. The zero-order valence-corrected chi connectivity index (χ0v) is 12.5. The van der Waals surface area contributed by atoms with Crippen LogP contribution >= 0.6 is 0 Å². The highest BCUT2D eigenvalue weighted by atomic mass is 16.5. The SMILES string of the molecule is COC(=O)C1CCN(C(=O)CNc2ccc(C#N)cc2)CC1. The zero-order valence-electron chi connectivity index (χ0n) is 12.5. The molecule has 0 unspecified atom stereocenters. The number of nitrogens with one attached hydrogen (secondary N) is 1. The molecule has 22 heavy (non-hydrogen) atoms. The smallest absolute Gasteiger partial charge is 0.308 e. The Bertz CT molecular complexity index is 569. The Kier molecular flexibility index (Phi) is 5.37. The van der Waals surface area contributed by atoms with Gasteiger partial charge in [0.25, 0.3) is 0 Å². The number of likely N-dealkylation sites (tertiary alicyclic amines) is 1. The number of nitriles is 1. The minimum Gasteiger partial charge on any atom is -0.469 e. The Morgan fingerprint density at radius 1 is 1.32 bits per heavy atom. The molecule has 1 heterocycles. The molecule has 1 fully saturated rings. The van der Waals surface area contributed by atoms with Crippen molar-refractivity contribution in [2.45, 2.75) is 12.8 Å². The van der Waals surface area contributed by atoms with Crippen LogP contribution in [0.4, 0.5) is 5.69 Å². The molecule has 1 aromatic carbocycles. The monoisotopic (exact) mass is 301 g/mol. The lowest BCUT2D eigenvalue weighted by atomic mass is 9.97. The summed E-state index contributed by atoms with van der Waals surface area (Å²) in [5, 5.41) is 11.8. The number of hydrogen-bond acceptors (Lipinski definition) is 5. The van der Waals surface area contributed by atoms with Gasteiger partial charge in [-0.3, -0.25) is 9.59 Å². The average molecular weight is 301 g/mol. The van der Waals surface area contributed by atoms with Crippen LogP contribution in [-0.4, -0.2) is 43.5 Å². The minimum absolute atomic E-state index is 0.00711. The van der Waals surface area contributed by atoms with Crippen LogP contribution < -0.4 is 5.32 Å². The molecular weight excluding hydrogens is 282 g/mol. The molecule has 0 bridgehead atoms. The van der Waals surface area contributed by atoms with Crippen molar-refractivity contribution in [3.05, 3.63) is 29.8 Å². The Balaban J connectivity index is 1.78. The molecule has 1 aliphatic heterocycles. The third-order valence-electron chi connectivity index (χ3n) is 3.84. The zero-order chi connectivity index (χ0) is 15.9. The van der Waals surface area contributed by atoms with Crippen molar-refractivity contribution in [2.24, 2.45) is 5.92 Å². The molecule has 6 nitrogen and oxygen atoms in total. The number of carbonyl (C=O) groups is 2. The summed E-state index contributed by atoms with van der Waals surface area (Å²) < 4.78 is 4.73. The second-order valence-electron chi connectivity index (χ2n) is 5.22. The molecule has 116 valence electrons. The van der Waals surface area contributed by atoms with Crippen LogP contribution in [0.15, 0.2) is 24.3 Å². The summed E-state index contributed by atoms with van der Waals surface area (Å²) in [6.07, 6.45) is 1.30. The molecule has 0 radical (unpaired) electrons. The Morgan fingerprint density at radius 2 is 1.95 bits per heavy atom. The number of ether oxygens (including phenoxy) is 1. The van der Waals surface area contributed by atoms with Crippen molar-refractivity contribution in [3.63, 3.8) is 0 Å². The summed E-state index contributed by atoms with van der Waals surface area (Å²) in [6.45, 7) is 1.36. The largest absolute Gasteiger partial charge is 0.469 e. The fourth-order valence-electron chi connectivity index (χ4n) is 2.48. The maximum absolute atomic E-state index is 12.1. The molecule has 1 amide bonds. The van der Waals surface area contributed by atoms with Gasteiger partial charge in [0.1, 0.15) is 0 Å². The summed E-state index contributed by atoms with van der Waals surface area (Å²) in [4.78, 5) is 25.3. The molecule has 1 aromatic rings. The predicted molar refractivity (Wildman–Crippen MR) is 81.0 cm³/mol. The van der Waals surface area contributed by atoms with Gasteiger partial charge in [0.05, 0.1) is 31.2 Å². The molecule has 1 aliphatic rings. The van der Waals surface area contributed by atoms with Crippen molar-refractivity contribution in [3.8, 4) is 6.07 Å². The van der Waals surface area contributed by atoms with Crippen LogP contribution in [-0.2, 0) is 14.3 Å². The molecule has 2 rings (SSSR count). The summed E-state index contributed by atoms with van der Waals surface area (Å²) in [5.41, 5.74) is 1.39. The van der Waals surface area contributed by atoms with Gasteiger partial charge in [-0.15, -0.1) is 0 Å². The van der Waals surface area contributed by atoms with Crippen molar-refractivity contribution in [2.75, 3.05) is 32.1 Å². The molecule has 0 aromatic heterocycles. The maximum atomic E-state index is 12.1. The van der Waals surface area contributed by atoms with Gasteiger partial charge < -0.3 is 15.0 Å². The van der Waals surface area contributed by atoms with Gasteiger partial charge in [0, 0.05) is 18.8 Å². The van der Waals surface area contributed by atoms with Gasteiger partial charge in [-0.2, -0.15) is 5.26 Å². The standard InChI is InChI=1S/C16H19N3O3/c1-22-16(21)13-6-8-19(9-7-13)15(20)11-18-14-4-2-12(10-17)3-5-14/h2-5,13,18H,6-9,11H2,1H3. The number of hydrogen-bond donors (Lipinski definition) is 1. The van der Waals surface area contributed by atoms with Crippen molar-refractivity contribution >= 4 is 17.6 Å². The Morgan fingerprint density at radius 3 is 2.50 bits per heavy atom. The average Bonchev–Trinajstić information content (AvgIpc) is 2.59. The molecule has 0 aliphatic carbocycles. The van der Waals surface area contributed by atoms with Crippen LogP contribution in [0.3, 0.4) is 0 Å². The van der Waals surface area contributed by atoms with Gasteiger partial charge in [0.15, 0.2) is 0 Å². The van der Waals surface area contributed by atoms with E-state index in [0.717, 1.165) is 5.69 Å². The molecule has 0 atom stereocenters. The fraction of sp³-hybridized carbons (Fsp3) is 0.438. The van der Waals surface area contributed by atoms with E-state index in [0.29, 0.717) is 31.5 Å². The quantitative estimate of drug-likeness (QED) is 0.850. The molecule has 1 N–H and O–H groups in total. The first-order valence-corrected chi connectivity index (χ1v) is 7.23. The highest BCUT2D eigenvalue weighted by Gasteiger charge is 2.27. The van der Waals surface area contributed by atoms with Crippen LogP contribution in [0.5, 0.6) is 0 Å². The Hall–Kier alpha value is -2.55. The van der Waals surface area contributed by atoms with Gasteiger partial charge in [-0.05, 0) is 37.1 Å². The van der Waals surface area contributed by atoms with E-state index in [4.69, 9.17) is 10.00 Å². The second-order valence-corrected chi connectivity index (χ2v) is 5.22. The van der Waals surface area contributed by atoms with Gasteiger partial charge in [-0.1, -0.05) is 0 Å². The number of amides is 1. The van der Waals surface area contributed by atoms with Gasteiger partial charge >= 0.3 is 5.97 Å². The summed E-state index contributed by atoms with van der Waals surface area (Å²) in [7, 11) is 1.39. The number of benzene rings is 1. The summed E-state index contributed by atoms with van der Waals surface area (Å²) >= 11 is 0. The lowest BCUT2D eigenvalue weighted by Crippen LogP contribution is -2.42. The molecule has 6 heteroatoms. The van der Waals surface area contributed by atoms with Crippen molar-refractivity contribution < 1.29 is 14.3 Å². The van der Waals surface area contributed by atoms with Gasteiger partial charge in [-0.25, -0.2) is 0 Å². The second kappa shape index (κ2) is 7.46. The third-order valence-corrected chi connectivity index (χ3v) is 3.84. The summed E-state index contributed by atoms with van der Waals surface area (Å²) in [6, 6.07) is 9.00. The number of rotatable bonds is 4. The Labute approximate surface area is 129 Å². The highest BCUT2D eigenvalue weighted by Crippen LogP contribution is 2.18. The van der Waals surface area contributed by atoms with Crippen molar-refractivity contribution in [1.29, 1.82) is 5.26 Å². The van der Waals surface area contributed by atoms with E-state index in [2.05, 4.69) is 5.32 Å². The molecule has 1 saturated heterocycles. The molecular formula is C16H19N3O3. The predicted octanol–water partition coefficient (Wildman–Crippen LogP) is 1.38. The van der Waals surface area contributed by atoms with E-state index >= 15 is 0 Å². The number of nitrogens with zero attached hydrogens (tertiary/aromatic N) is 2. The van der Waals surface area contributed by atoms with Crippen LogP contribution in [0.2, 0.25) is 0 Å². The van der Waals surface area contributed by atoms with Crippen LogP contribution in [0.1, 0.15) is 18.4 Å². The normalized spacial score (nSPS) is 15.0. The van der Waals surface area contributed by atoms with Crippen LogP contribution in [0.25, 0.3) is 0 Å². The van der Waals surface area contributed by atoms with E-state index < -0.39 is 0 Å². The van der Waals surface area contributed by atoms with E-state index in [1.807, 2.05) is 6.07 Å².